The third-order valence-corrected chi connectivity index (χ3v) is 7.43. The molecule has 7 rings (SSSR count). The Kier molecular flexibility index (Phi) is 3.93. The SMILES string of the molecule is Cc1nc(-c2ccc3c(c2)c2ccccc2n3-c2ccccc2)nc2sc3ccccc3c12. The van der Waals surface area contributed by atoms with E-state index in [4.69, 9.17) is 9.97 Å². The maximum absolute atomic E-state index is 5.00. The molecule has 0 aliphatic rings. The van der Waals surface area contributed by atoms with Gasteiger partial charge in [0.2, 0.25) is 0 Å². The van der Waals surface area contributed by atoms with Crippen molar-refractivity contribution in [2.75, 3.05) is 0 Å². The second kappa shape index (κ2) is 6.99. The molecule has 0 N–H and O–H groups in total. The predicted molar refractivity (Wildman–Crippen MR) is 139 cm³/mol. The van der Waals surface area contributed by atoms with Crippen LogP contribution in [0.25, 0.3) is 59.2 Å². The number of benzene rings is 4. The van der Waals surface area contributed by atoms with Gasteiger partial charge in [-0.1, -0.05) is 54.6 Å². The minimum atomic E-state index is 0.782. The molecule has 0 unspecified atom stereocenters. The summed E-state index contributed by atoms with van der Waals surface area (Å²) in [6.07, 6.45) is 0. The van der Waals surface area contributed by atoms with E-state index in [1.165, 1.54) is 37.3 Å². The topological polar surface area (TPSA) is 30.7 Å². The molecule has 0 radical (unpaired) electrons. The van der Waals surface area contributed by atoms with Crippen LogP contribution in [0.4, 0.5) is 0 Å². The molecule has 156 valence electrons. The number of aryl methyl sites for hydroxylation is 1. The standard InChI is InChI=1S/C29H19N3S/c1-18-27-22-12-6-8-14-26(22)33-29(27)31-28(30-18)19-15-16-25-23(17-19)21-11-5-7-13-24(21)32(25)20-9-3-2-4-10-20/h2-17H,1H3. The molecule has 4 heteroatoms. The average Bonchev–Trinajstić information content (AvgIpc) is 3.40. The summed E-state index contributed by atoms with van der Waals surface area (Å²) in [7, 11) is 0. The Morgan fingerprint density at radius 2 is 1.39 bits per heavy atom. The number of rotatable bonds is 2. The van der Waals surface area contributed by atoms with Crippen molar-refractivity contribution in [3.63, 3.8) is 0 Å². The van der Waals surface area contributed by atoms with Crippen LogP contribution in [-0.4, -0.2) is 14.5 Å². The number of hydrogen-bond donors (Lipinski definition) is 0. The summed E-state index contributed by atoms with van der Waals surface area (Å²) in [4.78, 5) is 11.0. The Balaban J connectivity index is 1.49. The lowest BCUT2D eigenvalue weighted by Gasteiger charge is -2.08. The van der Waals surface area contributed by atoms with Gasteiger partial charge in [0.1, 0.15) is 4.83 Å². The van der Waals surface area contributed by atoms with E-state index in [0.29, 0.717) is 0 Å². The van der Waals surface area contributed by atoms with Crippen LogP contribution >= 0.6 is 11.3 Å². The fourth-order valence-electron chi connectivity index (χ4n) is 4.89. The molecule has 0 saturated heterocycles. The van der Waals surface area contributed by atoms with Crippen LogP contribution in [0.5, 0.6) is 0 Å². The van der Waals surface area contributed by atoms with Crippen LogP contribution in [0, 0.1) is 6.92 Å². The molecule has 33 heavy (non-hydrogen) atoms. The summed E-state index contributed by atoms with van der Waals surface area (Å²) in [6.45, 7) is 2.09. The lowest BCUT2D eigenvalue weighted by atomic mass is 10.1. The third-order valence-electron chi connectivity index (χ3n) is 6.36. The van der Waals surface area contributed by atoms with E-state index in [1.54, 1.807) is 11.3 Å². The first-order valence-corrected chi connectivity index (χ1v) is 11.8. The van der Waals surface area contributed by atoms with Gasteiger partial charge in [0.25, 0.3) is 0 Å². The van der Waals surface area contributed by atoms with Crippen molar-refractivity contribution in [1.29, 1.82) is 0 Å². The van der Waals surface area contributed by atoms with Crippen molar-refractivity contribution in [2.45, 2.75) is 6.92 Å². The third kappa shape index (κ3) is 2.74. The Bertz CT molecular complexity index is 1830. The van der Waals surface area contributed by atoms with Crippen molar-refractivity contribution in [2.24, 2.45) is 0 Å². The second-order valence-corrected chi connectivity index (χ2v) is 9.36. The molecule has 0 saturated carbocycles. The van der Waals surface area contributed by atoms with Crippen LogP contribution in [0.3, 0.4) is 0 Å². The van der Waals surface area contributed by atoms with Gasteiger partial charge < -0.3 is 4.57 Å². The van der Waals surface area contributed by atoms with E-state index < -0.39 is 0 Å². The number of nitrogens with zero attached hydrogens (tertiary/aromatic N) is 3. The zero-order valence-electron chi connectivity index (χ0n) is 18.0. The van der Waals surface area contributed by atoms with Crippen molar-refractivity contribution >= 4 is 53.4 Å². The Hall–Kier alpha value is -4.02. The number of fused-ring (bicyclic) bond motifs is 6. The Morgan fingerprint density at radius 3 is 2.27 bits per heavy atom. The molecule has 0 atom stereocenters. The van der Waals surface area contributed by atoms with Crippen LogP contribution < -0.4 is 0 Å². The normalized spacial score (nSPS) is 11.8. The molecule has 0 spiro atoms. The number of thiophene rings is 1. The molecular formula is C29H19N3S. The van der Waals surface area contributed by atoms with E-state index in [2.05, 4.69) is 109 Å². The summed E-state index contributed by atoms with van der Waals surface area (Å²) >= 11 is 1.74. The number of aromatic nitrogens is 3. The first-order valence-electron chi connectivity index (χ1n) is 11.0. The predicted octanol–water partition coefficient (Wildman–Crippen LogP) is 7.92. The molecule has 0 amide bonds. The summed E-state index contributed by atoms with van der Waals surface area (Å²) in [5.41, 5.74) is 5.62. The van der Waals surface area contributed by atoms with E-state index in [1.807, 2.05) is 0 Å². The van der Waals surface area contributed by atoms with Crippen molar-refractivity contribution < 1.29 is 0 Å². The molecule has 7 aromatic rings. The van der Waals surface area contributed by atoms with Gasteiger partial charge in [0.05, 0.1) is 16.7 Å². The monoisotopic (exact) mass is 441 g/mol. The van der Waals surface area contributed by atoms with Crippen LogP contribution in [-0.2, 0) is 0 Å². The van der Waals surface area contributed by atoms with Crippen molar-refractivity contribution in [1.82, 2.24) is 14.5 Å². The largest absolute Gasteiger partial charge is 0.309 e. The van der Waals surface area contributed by atoms with Gasteiger partial charge in [-0.15, -0.1) is 11.3 Å². The van der Waals surface area contributed by atoms with Gasteiger partial charge in [0, 0.05) is 37.5 Å². The maximum Gasteiger partial charge on any atom is 0.161 e. The lowest BCUT2D eigenvalue weighted by Crippen LogP contribution is -1.94. The molecular weight excluding hydrogens is 422 g/mol. The summed E-state index contributed by atoms with van der Waals surface area (Å²) in [5, 5.41) is 4.85. The fraction of sp³-hybridized carbons (Fsp3) is 0.0345. The zero-order chi connectivity index (χ0) is 21.9. The Morgan fingerprint density at radius 1 is 0.667 bits per heavy atom. The minimum absolute atomic E-state index is 0.782. The van der Waals surface area contributed by atoms with Gasteiger partial charge in [-0.2, -0.15) is 0 Å². The molecule has 3 heterocycles. The Labute approximate surface area is 194 Å². The highest BCUT2D eigenvalue weighted by Crippen LogP contribution is 2.37. The molecule has 3 nitrogen and oxygen atoms in total. The first-order chi connectivity index (χ1) is 16.3. The quantitative estimate of drug-likeness (QED) is 0.273. The number of hydrogen-bond acceptors (Lipinski definition) is 3. The molecule has 0 fully saturated rings. The fourth-order valence-corrected chi connectivity index (χ4v) is 6.02. The zero-order valence-corrected chi connectivity index (χ0v) is 18.8. The highest BCUT2D eigenvalue weighted by molar-refractivity contribution is 7.25. The van der Waals surface area contributed by atoms with Gasteiger partial charge in [-0.3, -0.25) is 0 Å². The van der Waals surface area contributed by atoms with Crippen LogP contribution in [0.1, 0.15) is 5.69 Å². The van der Waals surface area contributed by atoms with Gasteiger partial charge in [-0.25, -0.2) is 9.97 Å². The van der Waals surface area contributed by atoms with Gasteiger partial charge in [-0.05, 0) is 49.4 Å². The van der Waals surface area contributed by atoms with Gasteiger partial charge >= 0.3 is 0 Å². The first kappa shape index (κ1) is 18.5. The molecule has 0 aliphatic heterocycles. The minimum Gasteiger partial charge on any atom is -0.309 e. The maximum atomic E-state index is 5.00. The highest BCUT2D eigenvalue weighted by atomic mass is 32.1. The van der Waals surface area contributed by atoms with E-state index in [9.17, 15) is 0 Å². The van der Waals surface area contributed by atoms with E-state index >= 15 is 0 Å². The average molecular weight is 442 g/mol. The highest BCUT2D eigenvalue weighted by Gasteiger charge is 2.16. The second-order valence-electron chi connectivity index (χ2n) is 8.33. The smallest absolute Gasteiger partial charge is 0.161 e. The van der Waals surface area contributed by atoms with Crippen LogP contribution in [0.2, 0.25) is 0 Å². The van der Waals surface area contributed by atoms with Gasteiger partial charge in [0.15, 0.2) is 5.82 Å². The lowest BCUT2D eigenvalue weighted by molar-refractivity contribution is 1.17. The molecule has 0 aliphatic carbocycles. The van der Waals surface area contributed by atoms with E-state index in [-0.39, 0.29) is 0 Å². The van der Waals surface area contributed by atoms with E-state index in [0.717, 1.165) is 27.6 Å². The van der Waals surface area contributed by atoms with Crippen LogP contribution in [0.15, 0.2) is 97.1 Å². The van der Waals surface area contributed by atoms with Crippen molar-refractivity contribution in [3.05, 3.63) is 103 Å². The van der Waals surface area contributed by atoms with Crippen molar-refractivity contribution in [3.8, 4) is 17.1 Å². The number of para-hydroxylation sites is 2. The summed E-state index contributed by atoms with van der Waals surface area (Å²) in [6, 6.07) is 34.2. The molecule has 3 aromatic heterocycles. The molecule has 4 aromatic carbocycles. The summed E-state index contributed by atoms with van der Waals surface area (Å²) in [5.74, 6) is 0.782. The summed E-state index contributed by atoms with van der Waals surface area (Å²) < 4.78 is 3.58. The molecule has 0 bridgehead atoms.